The van der Waals surface area contributed by atoms with Gasteiger partial charge in [0.25, 0.3) is 11.5 Å². The standard InChI is InChI=1S/2C10H15N5O4.C10H15N5O3.C9H15N3O4.C9H14N2O5/c2*11-10-13-8-7(9(18)14-10)12-3-15(8)6-1-4(17)5(2-16)19-6;11-9-8-10(13-3-12-9)15(4-14-8)7-1-5(17)6(2-16)18-7;10-7-1-2-12(9(15)11-7)8-3-5(14)6(4-13)16-8;12-4-6-5(13)3-8(16-6)11-2-1-7(14)10-9(11)15/h4-6,12,16-17H,1-3H2,(H3,11,13,14,18);3-8,16-17H,1-2H2,(H3,11,13,14,18);3-8,10,16-17H,1-2H2,(H2,11,12,13);5-6,8,13-14H,1-4H2,(H2,10,11,15);5-6,8,12-13H,1-4H2,(H,10,14,15). The average Bonchev–Trinajstić information content (AvgIpc) is 2.47. The van der Waals surface area contributed by atoms with Crippen molar-refractivity contribution >= 4 is 78.0 Å². The number of hydrogen-bond donors (Lipinski definition) is 20. The quantitative estimate of drug-likeness (QED) is 0.103. The van der Waals surface area contributed by atoms with Gasteiger partial charge in [-0.3, -0.25) is 60.6 Å². The summed E-state index contributed by atoms with van der Waals surface area (Å²) in [6.07, 6.45) is -2.90. The number of anilines is 3. The molecule has 0 saturated carbocycles. The lowest BCUT2D eigenvalue weighted by Gasteiger charge is -2.35. The maximum Gasteiger partial charge on any atom is 0.347 e. The number of aromatic amines is 1. The van der Waals surface area contributed by atoms with Crippen LogP contribution in [0.5, 0.6) is 0 Å². The third kappa shape index (κ3) is 14.3. The van der Waals surface area contributed by atoms with Crippen LogP contribution in [0.25, 0.3) is 0 Å². The number of nitrogen functional groups attached to an aromatic ring is 1. The Bertz CT molecular complexity index is 2890. The number of aliphatic hydroxyl groups excluding tert-OH is 10. The third-order valence-corrected chi connectivity index (χ3v) is 15.9. The second-order valence-corrected chi connectivity index (χ2v) is 21.7. The van der Waals surface area contributed by atoms with E-state index in [1.54, 1.807) is 16.1 Å². The fourth-order valence-corrected chi connectivity index (χ4v) is 11.2. The maximum atomic E-state index is 11.7. The molecule has 0 aliphatic carbocycles. The number of guanidine groups is 1. The lowest BCUT2D eigenvalue weighted by atomic mass is 10.1. The molecule has 13 rings (SSSR count). The number of amidine groups is 2. The highest BCUT2D eigenvalue weighted by atomic mass is 16.6. The summed E-state index contributed by atoms with van der Waals surface area (Å²) in [5.41, 5.74) is 10.9. The Balaban J connectivity index is 0.000000131. The predicted octanol–water partition coefficient (Wildman–Crippen LogP) is -9.71. The van der Waals surface area contributed by atoms with Gasteiger partial charge in [0.05, 0.1) is 89.2 Å². The fraction of sp³-hybridized carbons (Fsp3) is 0.708. The number of H-pyrrole nitrogens is 1. The van der Waals surface area contributed by atoms with E-state index in [-0.39, 0.29) is 106 Å². The van der Waals surface area contributed by atoms with E-state index in [4.69, 9.17) is 71.5 Å². The molecule has 88 heavy (non-hydrogen) atoms. The number of carbonyl (C=O) groups is 4. The van der Waals surface area contributed by atoms with Crippen molar-refractivity contribution in [1.29, 1.82) is 10.8 Å². The molecule has 486 valence electrons. The Hall–Kier alpha value is -7.42. The zero-order valence-electron chi connectivity index (χ0n) is 47.0. The van der Waals surface area contributed by atoms with Gasteiger partial charge in [-0.2, -0.15) is 9.98 Å². The van der Waals surface area contributed by atoms with Crippen molar-refractivity contribution in [3.63, 3.8) is 0 Å². The second kappa shape index (κ2) is 28.4. The summed E-state index contributed by atoms with van der Waals surface area (Å²) in [4.78, 5) is 87.5. The van der Waals surface area contributed by atoms with Gasteiger partial charge in [0, 0.05) is 58.0 Å². The van der Waals surface area contributed by atoms with E-state index in [2.05, 4.69) is 56.5 Å². The summed E-state index contributed by atoms with van der Waals surface area (Å²) in [6.45, 7) is -0.218. The molecule has 0 radical (unpaired) electrons. The molecule has 19 unspecified atom stereocenters. The summed E-state index contributed by atoms with van der Waals surface area (Å²) in [7, 11) is 0. The van der Waals surface area contributed by atoms with Crippen LogP contribution in [0, 0.1) is 10.8 Å². The largest absolute Gasteiger partial charge is 0.394 e. The van der Waals surface area contributed by atoms with Crippen molar-refractivity contribution in [1.82, 2.24) is 50.8 Å². The molecule has 13 heterocycles. The Morgan fingerprint density at radius 1 is 0.602 bits per heavy atom. The highest BCUT2D eigenvalue weighted by Crippen LogP contribution is 2.34. The van der Waals surface area contributed by atoms with E-state index in [0.717, 1.165) is 0 Å². The van der Waals surface area contributed by atoms with Crippen molar-refractivity contribution in [3.8, 4) is 0 Å². The van der Waals surface area contributed by atoms with E-state index in [0.29, 0.717) is 62.7 Å². The van der Waals surface area contributed by atoms with Crippen LogP contribution in [0.3, 0.4) is 0 Å². The highest BCUT2D eigenvalue weighted by Gasteiger charge is 2.49. The van der Waals surface area contributed by atoms with Gasteiger partial charge in [-0.1, -0.05) is 0 Å². The number of aliphatic imine (C=N–C) groups is 4. The predicted molar refractivity (Wildman–Crippen MR) is 299 cm³/mol. The Morgan fingerprint density at radius 3 is 1.59 bits per heavy atom. The number of aliphatic hydroxyl groups is 10. The molecule has 0 bridgehead atoms. The molecule has 1 aromatic heterocycles. The third-order valence-electron chi connectivity index (χ3n) is 15.9. The van der Waals surface area contributed by atoms with Gasteiger partial charge in [-0.25, -0.2) is 14.6 Å². The molecule has 12 aliphatic heterocycles. The molecule has 0 spiro atoms. The van der Waals surface area contributed by atoms with Crippen LogP contribution in [0.2, 0.25) is 0 Å². The first kappa shape index (κ1) is 65.0. The number of imide groups is 1. The van der Waals surface area contributed by atoms with E-state index in [1.807, 2.05) is 4.90 Å². The van der Waals surface area contributed by atoms with Crippen LogP contribution in [0.15, 0.2) is 24.8 Å². The number of nitrogens with two attached hydrogens (primary N) is 2. The number of aromatic nitrogens is 2. The zero-order valence-corrected chi connectivity index (χ0v) is 47.0. The first-order valence-electron chi connectivity index (χ1n) is 28.1. The van der Waals surface area contributed by atoms with Gasteiger partial charge in [0.15, 0.2) is 23.7 Å². The number of nitrogens with zero attached hydrogens (tertiary/aromatic N) is 10. The van der Waals surface area contributed by atoms with E-state index in [9.17, 15) is 49.5 Å². The number of amides is 6. The molecule has 7 saturated heterocycles. The number of fused-ring (bicyclic) bond motifs is 3. The van der Waals surface area contributed by atoms with Crippen LogP contribution in [0.1, 0.15) is 44.9 Å². The molecular formula is C48H74N20O20. The van der Waals surface area contributed by atoms with Crippen LogP contribution in [0.4, 0.5) is 27.0 Å². The topological polar surface area (TPSA) is 588 Å². The van der Waals surface area contributed by atoms with Crippen LogP contribution in [-0.4, -0.2) is 311 Å². The molecule has 40 heteroatoms. The molecule has 7 fully saturated rings. The van der Waals surface area contributed by atoms with Crippen molar-refractivity contribution in [2.45, 2.75) is 162 Å². The van der Waals surface area contributed by atoms with E-state index in [1.165, 1.54) is 22.5 Å². The molecule has 1 aromatic rings. The molecule has 12 aliphatic rings. The summed E-state index contributed by atoms with van der Waals surface area (Å²) in [5, 5.41) is 122. The minimum atomic E-state index is -0.777. The number of rotatable bonds is 10. The molecule has 22 N–H and O–H groups in total. The average molecular weight is 1250 g/mol. The van der Waals surface area contributed by atoms with Gasteiger partial charge >= 0.3 is 12.1 Å². The maximum absolute atomic E-state index is 11.7. The molecule has 40 nitrogen and oxygen atoms in total. The summed E-state index contributed by atoms with van der Waals surface area (Å²) >= 11 is 0. The SMILES string of the molecule is N=C1N=CNC2C1N=CN2C1CC(O)C(CO)O1.N=C1NC(=O)C2N=CN(C3CC(O)C(CO)O3)C2N1.NC1=NC(=O)N(C2CC(O)C(CO)O2)CC1.Nc1nc2c(c(=O)[nH]1)NCN2C1CC(O)C(CO)O1.O=C1CCN(C2CC(O)C(CO)O2)C(=O)N1. The fourth-order valence-electron chi connectivity index (χ4n) is 11.2. The van der Waals surface area contributed by atoms with Crippen molar-refractivity contribution < 1.29 is 93.9 Å². The molecule has 19 atom stereocenters. The first-order chi connectivity index (χ1) is 42.1. The minimum absolute atomic E-state index is 0.0229. The summed E-state index contributed by atoms with van der Waals surface area (Å²) in [5.74, 6) is 0.210. The highest BCUT2D eigenvalue weighted by molar-refractivity contribution is 6.03. The molecular weight excluding hydrogens is 1180 g/mol. The Morgan fingerprint density at radius 2 is 1.08 bits per heavy atom. The second-order valence-electron chi connectivity index (χ2n) is 21.7. The number of hydrogen-bond acceptors (Lipinski definition) is 32. The number of carbonyl (C=O) groups excluding carboxylic acids is 4. The van der Waals surface area contributed by atoms with Crippen molar-refractivity contribution in [2.24, 2.45) is 25.7 Å². The van der Waals surface area contributed by atoms with Gasteiger partial charge in [0.1, 0.15) is 91.6 Å². The van der Waals surface area contributed by atoms with E-state index >= 15 is 0 Å². The van der Waals surface area contributed by atoms with Gasteiger partial charge in [0.2, 0.25) is 11.9 Å². The molecule has 6 amide bonds. The normalized spacial score (nSPS) is 36.7. The van der Waals surface area contributed by atoms with Crippen LogP contribution in [-0.2, 0) is 33.3 Å². The Labute approximate surface area is 498 Å². The number of urea groups is 2. The lowest BCUT2D eigenvalue weighted by molar-refractivity contribution is -0.125. The lowest BCUT2D eigenvalue weighted by Crippen LogP contribution is -2.65. The van der Waals surface area contributed by atoms with E-state index < -0.39 is 110 Å². The van der Waals surface area contributed by atoms with Crippen LogP contribution >= 0.6 is 0 Å². The zero-order chi connectivity index (χ0) is 63.2. The number of ether oxygens (including phenoxy) is 5. The van der Waals surface area contributed by atoms with Gasteiger partial charge in [-0.15, -0.1) is 0 Å². The Kier molecular flexibility index (Phi) is 21.0. The number of nitrogens with one attached hydrogen (secondary N) is 8. The summed E-state index contributed by atoms with van der Waals surface area (Å²) < 4.78 is 27.3. The van der Waals surface area contributed by atoms with Crippen LogP contribution < -0.4 is 48.5 Å². The van der Waals surface area contributed by atoms with Crippen molar-refractivity contribution in [3.05, 3.63) is 10.4 Å². The van der Waals surface area contributed by atoms with Crippen molar-refractivity contribution in [2.75, 3.05) is 68.7 Å². The molecule has 0 aromatic carbocycles. The van der Waals surface area contributed by atoms with Gasteiger partial charge < -0.3 is 117 Å². The monoisotopic (exact) mass is 1250 g/mol. The first-order valence-corrected chi connectivity index (χ1v) is 28.1. The minimum Gasteiger partial charge on any atom is -0.394 e. The smallest absolute Gasteiger partial charge is 0.347 e. The van der Waals surface area contributed by atoms with Gasteiger partial charge in [-0.05, 0) is 0 Å². The summed E-state index contributed by atoms with van der Waals surface area (Å²) in [6, 6.07) is -1.93.